The molecule has 0 unspecified atom stereocenters. The van der Waals surface area contributed by atoms with Crippen molar-refractivity contribution in [1.29, 1.82) is 0 Å². The molecule has 0 spiro atoms. The molecule has 0 radical (unpaired) electrons. The molecular weight excluding hydrogens is 112 g/mol. The second-order valence-corrected chi connectivity index (χ2v) is 1.83. The van der Waals surface area contributed by atoms with E-state index in [1.807, 2.05) is 20.2 Å². The van der Waals surface area contributed by atoms with Crippen LogP contribution in [0.3, 0.4) is 0 Å². The highest BCUT2D eigenvalue weighted by molar-refractivity contribution is 5.25. The van der Waals surface area contributed by atoms with Crippen molar-refractivity contribution >= 4 is 6.72 Å². The van der Waals surface area contributed by atoms with Gasteiger partial charge in [-0.2, -0.15) is 0 Å². The summed E-state index contributed by atoms with van der Waals surface area (Å²) in [5.41, 5.74) is 0. The molecule has 0 atom stereocenters. The summed E-state index contributed by atoms with van der Waals surface area (Å²) in [5.74, 6) is 0. The molecule has 0 saturated carbocycles. The van der Waals surface area contributed by atoms with Crippen molar-refractivity contribution in [2.45, 2.75) is 7.43 Å². The summed E-state index contributed by atoms with van der Waals surface area (Å²) in [7, 11) is 4.01. The van der Waals surface area contributed by atoms with Gasteiger partial charge in [-0.1, -0.05) is 13.5 Å². The van der Waals surface area contributed by atoms with Gasteiger partial charge in [-0.25, -0.2) is 0 Å². The number of hydrogen-bond acceptors (Lipinski definition) is 2. The van der Waals surface area contributed by atoms with Crippen molar-refractivity contribution in [1.82, 2.24) is 4.90 Å². The summed E-state index contributed by atoms with van der Waals surface area (Å²) in [4.78, 5) is 5.61. The number of hydrogen-bond donors (Lipinski definition) is 0. The van der Waals surface area contributed by atoms with Gasteiger partial charge in [0, 0.05) is 12.7 Å². The highest BCUT2D eigenvalue weighted by Gasteiger charge is 1.78. The maximum absolute atomic E-state index is 3.55. The van der Waals surface area contributed by atoms with E-state index in [1.54, 1.807) is 6.20 Å². The molecule has 9 heavy (non-hydrogen) atoms. The third kappa shape index (κ3) is 11.1. The summed E-state index contributed by atoms with van der Waals surface area (Å²) < 4.78 is 0. The van der Waals surface area contributed by atoms with Crippen LogP contribution in [0.25, 0.3) is 0 Å². The van der Waals surface area contributed by atoms with Crippen LogP contribution in [0.5, 0.6) is 0 Å². The lowest BCUT2D eigenvalue weighted by Crippen LogP contribution is -2.10. The van der Waals surface area contributed by atoms with Crippen LogP contribution in [-0.2, 0) is 0 Å². The Morgan fingerprint density at radius 1 is 1.56 bits per heavy atom. The number of likely N-dealkylation sites (N-methyl/N-ethyl adjacent to an activating group) is 1. The van der Waals surface area contributed by atoms with Crippen LogP contribution in [0.1, 0.15) is 7.43 Å². The molecule has 0 saturated heterocycles. The van der Waals surface area contributed by atoms with Gasteiger partial charge in [-0.3, -0.25) is 4.99 Å². The maximum Gasteiger partial charge on any atom is 0.0233 e. The molecule has 54 valence electrons. The minimum atomic E-state index is 0. The molecule has 0 heterocycles. The Kier molecular flexibility index (Phi) is 9.18. The van der Waals surface area contributed by atoms with Crippen LogP contribution in [0.15, 0.2) is 17.3 Å². The van der Waals surface area contributed by atoms with Crippen molar-refractivity contribution in [3.63, 3.8) is 0 Å². The molecule has 0 N–H and O–H groups in total. The van der Waals surface area contributed by atoms with Gasteiger partial charge in [0.15, 0.2) is 0 Å². The van der Waals surface area contributed by atoms with E-state index in [4.69, 9.17) is 0 Å². The fourth-order valence-electron chi connectivity index (χ4n) is 0.332. The second kappa shape index (κ2) is 7.37. The van der Waals surface area contributed by atoms with Crippen LogP contribution >= 0.6 is 0 Å². The van der Waals surface area contributed by atoms with E-state index in [0.717, 1.165) is 6.54 Å². The monoisotopic (exact) mass is 128 g/mol. The van der Waals surface area contributed by atoms with Gasteiger partial charge in [0.25, 0.3) is 0 Å². The van der Waals surface area contributed by atoms with E-state index >= 15 is 0 Å². The Labute approximate surface area is 57.9 Å². The fraction of sp³-hybridized carbons (Fsp3) is 0.571. The van der Waals surface area contributed by atoms with Crippen molar-refractivity contribution in [2.24, 2.45) is 4.99 Å². The Morgan fingerprint density at radius 2 is 2.11 bits per heavy atom. The van der Waals surface area contributed by atoms with E-state index in [2.05, 4.69) is 16.6 Å². The topological polar surface area (TPSA) is 15.6 Å². The summed E-state index contributed by atoms with van der Waals surface area (Å²) in [6, 6.07) is 0. The standard InChI is InChI=1S/C6H12N2.CH4/c1-7-5-4-6-8(2)3;/h4-5H,1,6H2,2-3H3;1H4/b5-4-;. The third-order valence-electron chi connectivity index (χ3n) is 0.681. The van der Waals surface area contributed by atoms with Crippen LogP contribution < -0.4 is 0 Å². The average molecular weight is 128 g/mol. The van der Waals surface area contributed by atoms with Crippen molar-refractivity contribution in [2.75, 3.05) is 20.6 Å². The molecule has 2 heteroatoms. The molecule has 2 nitrogen and oxygen atoms in total. The van der Waals surface area contributed by atoms with Gasteiger partial charge in [0.1, 0.15) is 0 Å². The largest absolute Gasteiger partial charge is 0.306 e. The van der Waals surface area contributed by atoms with Crippen LogP contribution in [0.2, 0.25) is 0 Å². The first kappa shape index (κ1) is 11.2. The lowest BCUT2D eigenvalue weighted by Gasteiger charge is -2.01. The van der Waals surface area contributed by atoms with Gasteiger partial charge < -0.3 is 4.90 Å². The Hall–Kier alpha value is -0.630. The maximum atomic E-state index is 3.55. The first-order valence-electron chi connectivity index (χ1n) is 2.53. The minimum Gasteiger partial charge on any atom is -0.306 e. The Balaban J connectivity index is 0. The Morgan fingerprint density at radius 3 is 2.44 bits per heavy atom. The van der Waals surface area contributed by atoms with Crippen LogP contribution in [-0.4, -0.2) is 32.3 Å². The van der Waals surface area contributed by atoms with Gasteiger partial charge >= 0.3 is 0 Å². The SMILES string of the molecule is C.C=N/C=C\CN(C)C. The van der Waals surface area contributed by atoms with Crippen LogP contribution in [0, 0.1) is 0 Å². The predicted molar refractivity (Wildman–Crippen MR) is 44.0 cm³/mol. The smallest absolute Gasteiger partial charge is 0.0233 e. The summed E-state index contributed by atoms with van der Waals surface area (Å²) in [6.45, 7) is 4.23. The molecule has 0 aromatic carbocycles. The molecule has 0 bridgehead atoms. The summed E-state index contributed by atoms with van der Waals surface area (Å²) in [6.07, 6.45) is 3.65. The Bertz CT molecular complexity index is 84.9. The number of nitrogens with zero attached hydrogens (tertiary/aromatic N) is 2. The fourth-order valence-corrected chi connectivity index (χ4v) is 0.332. The lowest BCUT2D eigenvalue weighted by atomic mass is 10.6. The van der Waals surface area contributed by atoms with Crippen LogP contribution in [0.4, 0.5) is 0 Å². The first-order valence-corrected chi connectivity index (χ1v) is 2.53. The summed E-state index contributed by atoms with van der Waals surface area (Å²) in [5, 5.41) is 0. The molecule has 0 aliphatic carbocycles. The lowest BCUT2D eigenvalue weighted by molar-refractivity contribution is 0.456. The molecular formula is C7H16N2. The molecule has 0 amide bonds. The summed E-state index contributed by atoms with van der Waals surface area (Å²) >= 11 is 0. The van der Waals surface area contributed by atoms with Gasteiger partial charge in [-0.15, -0.1) is 0 Å². The quantitative estimate of drug-likeness (QED) is 0.524. The number of rotatable bonds is 3. The molecule has 0 aromatic heterocycles. The van der Waals surface area contributed by atoms with E-state index < -0.39 is 0 Å². The normalized spacial score (nSPS) is 9.67. The number of aliphatic imine (C=N–C) groups is 1. The molecule has 0 rings (SSSR count). The van der Waals surface area contributed by atoms with Crippen molar-refractivity contribution in [3.8, 4) is 0 Å². The third-order valence-corrected chi connectivity index (χ3v) is 0.681. The van der Waals surface area contributed by atoms with Crippen molar-refractivity contribution < 1.29 is 0 Å². The zero-order chi connectivity index (χ0) is 6.41. The van der Waals surface area contributed by atoms with E-state index in [-0.39, 0.29) is 7.43 Å². The van der Waals surface area contributed by atoms with Gasteiger partial charge in [0.2, 0.25) is 0 Å². The van der Waals surface area contributed by atoms with E-state index in [1.165, 1.54) is 0 Å². The molecule has 0 aromatic rings. The highest BCUT2D eigenvalue weighted by Crippen LogP contribution is 1.76. The zero-order valence-corrected chi connectivity index (χ0v) is 5.46. The molecule has 0 fully saturated rings. The van der Waals surface area contributed by atoms with Crippen molar-refractivity contribution in [3.05, 3.63) is 12.3 Å². The zero-order valence-electron chi connectivity index (χ0n) is 5.46. The molecule has 0 aliphatic heterocycles. The molecule has 0 aliphatic rings. The second-order valence-electron chi connectivity index (χ2n) is 1.83. The van der Waals surface area contributed by atoms with Gasteiger partial charge in [-0.05, 0) is 20.8 Å². The average Bonchev–Trinajstić information content (AvgIpc) is 1.66. The first-order chi connectivity index (χ1) is 3.77. The van der Waals surface area contributed by atoms with Gasteiger partial charge in [0.05, 0.1) is 0 Å². The van der Waals surface area contributed by atoms with E-state index in [9.17, 15) is 0 Å². The van der Waals surface area contributed by atoms with E-state index in [0.29, 0.717) is 0 Å². The predicted octanol–water partition coefficient (Wildman–Crippen LogP) is 1.40. The highest BCUT2D eigenvalue weighted by atomic mass is 15.0. The minimum absolute atomic E-state index is 0.